The van der Waals surface area contributed by atoms with Crippen LogP contribution in [0.15, 0.2) is 48.5 Å². The lowest BCUT2D eigenvalue weighted by atomic mass is 10.1. The highest BCUT2D eigenvalue weighted by Crippen LogP contribution is 2.21. The van der Waals surface area contributed by atoms with E-state index in [-0.39, 0.29) is 18.6 Å². The van der Waals surface area contributed by atoms with Gasteiger partial charge in [0.25, 0.3) is 0 Å². The quantitative estimate of drug-likeness (QED) is 0.149. The Morgan fingerprint density at radius 3 is 1.97 bits per heavy atom. The summed E-state index contributed by atoms with van der Waals surface area (Å²) < 4.78 is 11.0. The fourth-order valence-electron chi connectivity index (χ4n) is 4.42. The molecule has 0 spiro atoms. The highest BCUT2D eigenvalue weighted by molar-refractivity contribution is 5.91. The molecular weight excluding hydrogens is 476 g/mol. The zero-order valence-corrected chi connectivity index (χ0v) is 23.8. The molecule has 2 amide bonds. The van der Waals surface area contributed by atoms with Crippen LogP contribution in [0.4, 0.5) is 10.5 Å². The topological polar surface area (TPSA) is 67.9 Å². The number of amides is 2. The second kappa shape index (κ2) is 19.1. The predicted molar refractivity (Wildman–Crippen MR) is 156 cm³/mol. The van der Waals surface area contributed by atoms with E-state index in [1.54, 1.807) is 11.9 Å². The summed E-state index contributed by atoms with van der Waals surface area (Å²) in [5.41, 5.74) is 2.56. The van der Waals surface area contributed by atoms with Gasteiger partial charge in [0.2, 0.25) is 0 Å². The van der Waals surface area contributed by atoms with E-state index >= 15 is 0 Å². The van der Waals surface area contributed by atoms with Gasteiger partial charge in [0, 0.05) is 19.7 Å². The lowest BCUT2D eigenvalue weighted by molar-refractivity contribution is -0.142. The Morgan fingerprint density at radius 2 is 1.39 bits per heavy atom. The minimum absolute atomic E-state index is 0.177. The Bertz CT molecular complexity index is 929. The molecule has 0 aliphatic rings. The number of esters is 1. The smallest absolute Gasteiger partial charge is 0.321 e. The first-order valence-electron chi connectivity index (χ1n) is 14.5. The monoisotopic (exact) mass is 524 g/mol. The average molecular weight is 525 g/mol. The molecular formula is C32H48N2O4. The Hall–Kier alpha value is -3.02. The maximum absolute atomic E-state index is 12.6. The van der Waals surface area contributed by atoms with Crippen molar-refractivity contribution in [3.05, 3.63) is 59.7 Å². The lowest BCUT2D eigenvalue weighted by Gasteiger charge is -2.23. The number of carbonyl (C=O) groups is 2. The first-order chi connectivity index (χ1) is 18.5. The van der Waals surface area contributed by atoms with Gasteiger partial charge in [-0.3, -0.25) is 9.69 Å². The van der Waals surface area contributed by atoms with Crippen molar-refractivity contribution < 1.29 is 19.1 Å². The minimum Gasteiger partial charge on any atom is -0.494 e. The van der Waals surface area contributed by atoms with Gasteiger partial charge >= 0.3 is 12.0 Å². The molecule has 38 heavy (non-hydrogen) atoms. The Morgan fingerprint density at radius 1 is 0.789 bits per heavy atom. The van der Waals surface area contributed by atoms with Gasteiger partial charge in [-0.1, -0.05) is 102 Å². The SMILES string of the molecule is CCCCCCCCCCCCCCOc1ccc(CN(C(=O)NC)c2cccc(COC(C)=O)c2)cc1. The van der Waals surface area contributed by atoms with Gasteiger partial charge < -0.3 is 14.8 Å². The van der Waals surface area contributed by atoms with Gasteiger partial charge in [-0.15, -0.1) is 0 Å². The summed E-state index contributed by atoms with van der Waals surface area (Å²) in [4.78, 5) is 25.4. The van der Waals surface area contributed by atoms with Crippen LogP contribution in [0.25, 0.3) is 0 Å². The molecule has 0 fully saturated rings. The molecule has 6 heteroatoms. The summed E-state index contributed by atoms with van der Waals surface area (Å²) in [7, 11) is 1.62. The summed E-state index contributed by atoms with van der Waals surface area (Å²) >= 11 is 0. The second-order valence-electron chi connectivity index (χ2n) is 9.97. The summed E-state index contributed by atoms with van der Waals surface area (Å²) in [5.74, 6) is 0.520. The van der Waals surface area contributed by atoms with Crippen molar-refractivity contribution in [1.29, 1.82) is 0 Å². The standard InChI is InChI=1S/C32H48N2O4/c1-4-5-6-7-8-9-10-11-12-13-14-15-23-37-31-21-19-28(20-22-31)25-34(32(36)33-3)30-18-16-17-29(24-30)26-38-27(2)35/h16-22,24H,4-15,23,25-26H2,1-3H3,(H,33,36). The average Bonchev–Trinajstić information content (AvgIpc) is 2.93. The number of hydrogen-bond acceptors (Lipinski definition) is 4. The molecule has 0 radical (unpaired) electrons. The van der Waals surface area contributed by atoms with Gasteiger partial charge in [-0.25, -0.2) is 4.79 Å². The van der Waals surface area contributed by atoms with Crippen molar-refractivity contribution in [1.82, 2.24) is 5.32 Å². The van der Waals surface area contributed by atoms with E-state index in [1.807, 2.05) is 48.5 Å². The zero-order chi connectivity index (χ0) is 27.4. The van der Waals surface area contributed by atoms with Crippen LogP contribution in [0.1, 0.15) is 102 Å². The third-order valence-corrected chi connectivity index (χ3v) is 6.65. The van der Waals surface area contributed by atoms with E-state index in [0.29, 0.717) is 6.54 Å². The number of nitrogens with one attached hydrogen (secondary N) is 1. The van der Waals surface area contributed by atoms with Crippen LogP contribution in [0.3, 0.4) is 0 Å². The second-order valence-corrected chi connectivity index (χ2v) is 9.97. The number of nitrogens with zero attached hydrogens (tertiary/aromatic N) is 1. The minimum atomic E-state index is -0.334. The molecule has 0 heterocycles. The van der Waals surface area contributed by atoms with Gasteiger partial charge in [-0.05, 0) is 41.8 Å². The number of hydrogen-bond donors (Lipinski definition) is 1. The molecule has 0 aliphatic heterocycles. The van der Waals surface area contributed by atoms with Gasteiger partial charge in [0.1, 0.15) is 12.4 Å². The maximum Gasteiger partial charge on any atom is 0.321 e. The highest BCUT2D eigenvalue weighted by atomic mass is 16.5. The number of rotatable bonds is 19. The number of urea groups is 1. The molecule has 0 atom stereocenters. The van der Waals surface area contributed by atoms with E-state index in [0.717, 1.165) is 35.6 Å². The first kappa shape index (κ1) is 31.2. The molecule has 0 bridgehead atoms. The van der Waals surface area contributed by atoms with Crippen LogP contribution in [0.5, 0.6) is 5.75 Å². The molecule has 2 aromatic rings. The van der Waals surface area contributed by atoms with E-state index in [1.165, 1.54) is 77.6 Å². The highest BCUT2D eigenvalue weighted by Gasteiger charge is 2.15. The van der Waals surface area contributed by atoms with Crippen LogP contribution in [0.2, 0.25) is 0 Å². The molecule has 1 N–H and O–H groups in total. The third-order valence-electron chi connectivity index (χ3n) is 6.65. The van der Waals surface area contributed by atoms with Crippen molar-refractivity contribution in [3.63, 3.8) is 0 Å². The van der Waals surface area contributed by atoms with Crippen LogP contribution in [-0.2, 0) is 22.7 Å². The lowest BCUT2D eigenvalue weighted by Crippen LogP contribution is -2.37. The Balaban J connectivity index is 1.70. The molecule has 2 rings (SSSR count). The first-order valence-corrected chi connectivity index (χ1v) is 14.5. The molecule has 6 nitrogen and oxygen atoms in total. The van der Waals surface area contributed by atoms with E-state index in [4.69, 9.17) is 9.47 Å². The van der Waals surface area contributed by atoms with Crippen molar-refractivity contribution in [2.24, 2.45) is 0 Å². The number of carbonyl (C=O) groups excluding carboxylic acids is 2. The van der Waals surface area contributed by atoms with Gasteiger partial charge in [0.05, 0.1) is 13.2 Å². The van der Waals surface area contributed by atoms with Crippen molar-refractivity contribution in [2.75, 3.05) is 18.6 Å². The van der Waals surface area contributed by atoms with Crippen LogP contribution in [0, 0.1) is 0 Å². The molecule has 210 valence electrons. The van der Waals surface area contributed by atoms with Crippen molar-refractivity contribution in [3.8, 4) is 5.75 Å². The van der Waals surface area contributed by atoms with Crippen LogP contribution >= 0.6 is 0 Å². The summed E-state index contributed by atoms with van der Waals surface area (Å²) in [6.07, 6.45) is 16.0. The summed E-state index contributed by atoms with van der Waals surface area (Å²) in [6.45, 7) is 4.97. The van der Waals surface area contributed by atoms with E-state index in [2.05, 4.69) is 12.2 Å². The van der Waals surface area contributed by atoms with Crippen molar-refractivity contribution >= 4 is 17.7 Å². The fourth-order valence-corrected chi connectivity index (χ4v) is 4.42. The number of benzene rings is 2. The van der Waals surface area contributed by atoms with Gasteiger partial charge in [0.15, 0.2) is 0 Å². The molecule has 0 unspecified atom stereocenters. The third kappa shape index (κ3) is 13.0. The largest absolute Gasteiger partial charge is 0.494 e. The molecule has 0 aromatic heterocycles. The number of anilines is 1. The van der Waals surface area contributed by atoms with Crippen LogP contribution < -0.4 is 15.0 Å². The maximum atomic E-state index is 12.6. The Kier molecular flexibility index (Phi) is 15.7. The summed E-state index contributed by atoms with van der Waals surface area (Å²) in [5, 5.41) is 2.71. The number of unbranched alkanes of at least 4 members (excludes halogenated alkanes) is 11. The van der Waals surface area contributed by atoms with E-state index < -0.39 is 0 Å². The van der Waals surface area contributed by atoms with E-state index in [9.17, 15) is 9.59 Å². The van der Waals surface area contributed by atoms with Crippen LogP contribution in [-0.4, -0.2) is 25.7 Å². The normalized spacial score (nSPS) is 10.7. The summed E-state index contributed by atoms with van der Waals surface area (Å²) in [6, 6.07) is 15.2. The van der Waals surface area contributed by atoms with Crippen molar-refractivity contribution in [2.45, 2.75) is 104 Å². The molecule has 0 saturated heterocycles. The molecule has 0 saturated carbocycles. The predicted octanol–water partition coefficient (Wildman–Crippen LogP) is 8.18. The fraction of sp³-hybridized carbons (Fsp3) is 0.562. The van der Waals surface area contributed by atoms with Gasteiger partial charge in [-0.2, -0.15) is 0 Å². The Labute approximate surface area is 230 Å². The zero-order valence-electron chi connectivity index (χ0n) is 23.8. The number of ether oxygens (including phenoxy) is 2. The molecule has 0 aliphatic carbocycles. The molecule has 2 aromatic carbocycles.